The zero-order valence-electron chi connectivity index (χ0n) is 21.0. The van der Waals surface area contributed by atoms with Crippen molar-refractivity contribution in [3.05, 3.63) is 40.9 Å². The minimum absolute atomic E-state index is 0.139. The van der Waals surface area contributed by atoms with Crippen molar-refractivity contribution >= 4 is 29.1 Å². The van der Waals surface area contributed by atoms with Crippen LogP contribution >= 0.6 is 11.6 Å². The van der Waals surface area contributed by atoms with Crippen LogP contribution in [-0.4, -0.2) is 45.6 Å². The number of aryl methyl sites for hydroxylation is 1. The first-order valence-corrected chi connectivity index (χ1v) is 13.0. The van der Waals surface area contributed by atoms with Gasteiger partial charge in [0.15, 0.2) is 0 Å². The summed E-state index contributed by atoms with van der Waals surface area (Å²) in [6.07, 6.45) is 2.88. The number of rotatable bonds is 7. The Hall–Kier alpha value is -1.41. The lowest BCUT2D eigenvalue weighted by atomic mass is 9.85. The van der Waals surface area contributed by atoms with Crippen molar-refractivity contribution in [2.24, 2.45) is 5.92 Å². The van der Waals surface area contributed by atoms with E-state index in [-0.39, 0.29) is 18.1 Å². The van der Waals surface area contributed by atoms with Gasteiger partial charge in [-0.25, -0.2) is 4.79 Å². The molecule has 1 saturated heterocycles. The number of hydrogen-bond donors (Lipinski definition) is 1. The first-order valence-electron chi connectivity index (χ1n) is 11.4. The number of ether oxygens (including phenoxy) is 2. The second kappa shape index (κ2) is 11.3. The highest BCUT2D eigenvalue weighted by Gasteiger charge is 2.38. The fraction of sp³-hybridized carbons (Fsp3) is 0.640. The molecule has 0 spiro atoms. The van der Waals surface area contributed by atoms with Crippen LogP contribution in [0.1, 0.15) is 71.6 Å². The van der Waals surface area contributed by atoms with Crippen LogP contribution in [0.25, 0.3) is 0 Å². The molecular formula is C25H39ClN2O4S. The van der Waals surface area contributed by atoms with E-state index >= 15 is 0 Å². The molecule has 1 aliphatic heterocycles. The highest BCUT2D eigenvalue weighted by molar-refractivity contribution is 7.90. The van der Waals surface area contributed by atoms with E-state index in [9.17, 15) is 9.35 Å². The first-order chi connectivity index (χ1) is 15.2. The number of nitrogens with one attached hydrogen (secondary N) is 1. The maximum absolute atomic E-state index is 13.1. The molecule has 2 atom stereocenters. The summed E-state index contributed by atoms with van der Waals surface area (Å²) in [4.78, 5) is 14.3. The number of hydrogen-bond acceptors (Lipinski definition) is 5. The average molecular weight is 499 g/mol. The van der Waals surface area contributed by atoms with E-state index in [1.807, 2.05) is 60.6 Å². The fourth-order valence-corrected chi connectivity index (χ4v) is 4.71. The molecule has 1 N–H and O–H groups in total. The summed E-state index contributed by atoms with van der Waals surface area (Å²) < 4.78 is 27.6. The maximum Gasteiger partial charge on any atom is 0.410 e. The average Bonchev–Trinajstić information content (AvgIpc) is 2.70. The molecule has 0 aliphatic carbocycles. The van der Waals surface area contributed by atoms with Gasteiger partial charge in [-0.15, -0.1) is 4.72 Å². The van der Waals surface area contributed by atoms with Crippen molar-refractivity contribution in [3.63, 3.8) is 0 Å². The van der Waals surface area contributed by atoms with Gasteiger partial charge < -0.3 is 18.9 Å². The summed E-state index contributed by atoms with van der Waals surface area (Å²) >= 11 is 5.21. The van der Waals surface area contributed by atoms with E-state index in [4.69, 9.17) is 21.1 Å². The molecule has 0 bridgehead atoms. The molecule has 6 nitrogen and oxygen atoms in total. The summed E-state index contributed by atoms with van der Waals surface area (Å²) in [7, 11) is 0. The Morgan fingerprint density at radius 1 is 1.30 bits per heavy atom. The van der Waals surface area contributed by atoms with Crippen LogP contribution in [-0.2, 0) is 16.1 Å². The van der Waals surface area contributed by atoms with Gasteiger partial charge in [-0.05, 0) is 84.9 Å². The Morgan fingerprint density at radius 3 is 2.42 bits per heavy atom. The van der Waals surface area contributed by atoms with Crippen molar-refractivity contribution in [3.8, 4) is 5.75 Å². The standard InChI is InChI=1S/C25H39ClN2O4S/c1-9-14-31-21-15-17(2)20(26)16-19(21)22(27-33(30)25(6,7)8)18-10-12-28(13-11-18)23(29)32-24(3,4)5/h9,15-16,18,22,27H,1,10-14H2,2-8H3. The predicted octanol–water partition coefficient (Wildman–Crippen LogP) is 5.95. The van der Waals surface area contributed by atoms with Gasteiger partial charge >= 0.3 is 6.09 Å². The lowest BCUT2D eigenvalue weighted by Gasteiger charge is -2.38. The molecule has 1 aromatic rings. The molecule has 1 amide bonds. The van der Waals surface area contributed by atoms with Crippen molar-refractivity contribution in [1.82, 2.24) is 9.62 Å². The quantitative estimate of drug-likeness (QED) is 0.371. The maximum atomic E-state index is 13.1. The zero-order valence-corrected chi connectivity index (χ0v) is 22.6. The summed E-state index contributed by atoms with van der Waals surface area (Å²) in [5.41, 5.74) is 1.26. The smallest absolute Gasteiger partial charge is 0.410 e. The van der Waals surface area contributed by atoms with Crippen LogP contribution in [0.3, 0.4) is 0 Å². The largest absolute Gasteiger partial charge is 0.598 e. The number of carbonyl (C=O) groups excluding carboxylic acids is 1. The fourth-order valence-electron chi connectivity index (χ4n) is 3.63. The third kappa shape index (κ3) is 8.09. The van der Waals surface area contributed by atoms with E-state index < -0.39 is 21.7 Å². The van der Waals surface area contributed by atoms with Crippen LogP contribution in [0.2, 0.25) is 5.02 Å². The minimum atomic E-state index is -1.30. The number of benzene rings is 1. The second-order valence-electron chi connectivity index (χ2n) is 10.5. The van der Waals surface area contributed by atoms with Gasteiger partial charge in [-0.2, -0.15) is 0 Å². The van der Waals surface area contributed by atoms with Gasteiger partial charge in [-0.1, -0.05) is 24.3 Å². The molecule has 1 aliphatic rings. The Labute approximate surface area is 207 Å². The third-order valence-electron chi connectivity index (χ3n) is 5.44. The minimum Gasteiger partial charge on any atom is -0.598 e. The summed E-state index contributed by atoms with van der Waals surface area (Å²) in [5.74, 6) is 0.842. The number of nitrogens with zero attached hydrogens (tertiary/aromatic N) is 1. The molecule has 1 aromatic carbocycles. The molecule has 1 fully saturated rings. The Kier molecular flexibility index (Phi) is 9.57. The first kappa shape index (κ1) is 27.8. The molecule has 0 saturated carbocycles. The van der Waals surface area contributed by atoms with Gasteiger partial charge in [0.2, 0.25) is 0 Å². The number of carbonyl (C=O) groups is 1. The van der Waals surface area contributed by atoms with E-state index in [2.05, 4.69) is 11.3 Å². The van der Waals surface area contributed by atoms with Gasteiger partial charge in [0.25, 0.3) is 0 Å². The molecule has 2 rings (SSSR count). The zero-order chi connectivity index (χ0) is 25.0. The molecule has 0 aromatic heterocycles. The van der Waals surface area contributed by atoms with Crippen LogP contribution in [0.4, 0.5) is 4.79 Å². The van der Waals surface area contributed by atoms with Crippen LogP contribution in [0, 0.1) is 12.8 Å². The van der Waals surface area contributed by atoms with E-state index in [0.717, 1.165) is 24.0 Å². The summed E-state index contributed by atoms with van der Waals surface area (Å²) in [5, 5.41) is 0.635. The Morgan fingerprint density at radius 2 is 1.91 bits per heavy atom. The summed E-state index contributed by atoms with van der Waals surface area (Å²) in [6.45, 7) is 18.6. The number of likely N-dealkylation sites (tertiary alicyclic amines) is 1. The molecular weight excluding hydrogens is 460 g/mol. The lowest BCUT2D eigenvalue weighted by Crippen LogP contribution is -2.47. The van der Waals surface area contributed by atoms with Crippen molar-refractivity contribution in [2.45, 2.75) is 77.7 Å². The molecule has 1 heterocycles. The SMILES string of the molecule is C=CCOc1cc(C)c(Cl)cc1C(N[S+]([O-])C(C)(C)C)C1CCN(C(=O)OC(C)(C)C)CC1. The van der Waals surface area contributed by atoms with Crippen molar-refractivity contribution < 1.29 is 18.8 Å². The van der Waals surface area contributed by atoms with Gasteiger partial charge in [0.05, 0.1) is 6.04 Å². The van der Waals surface area contributed by atoms with Crippen LogP contribution < -0.4 is 9.46 Å². The van der Waals surface area contributed by atoms with E-state index in [0.29, 0.717) is 30.5 Å². The topological polar surface area (TPSA) is 73.9 Å². The number of amides is 1. The van der Waals surface area contributed by atoms with Crippen LogP contribution in [0.5, 0.6) is 5.75 Å². The number of halogens is 1. The Balaban J connectivity index is 2.32. The third-order valence-corrected chi connectivity index (χ3v) is 7.42. The van der Waals surface area contributed by atoms with Crippen molar-refractivity contribution in [1.29, 1.82) is 0 Å². The Bertz CT molecular complexity index is 827. The lowest BCUT2D eigenvalue weighted by molar-refractivity contribution is 0.0171. The second-order valence-corrected chi connectivity index (χ2v) is 12.9. The van der Waals surface area contributed by atoms with Crippen LogP contribution in [0.15, 0.2) is 24.8 Å². The van der Waals surface area contributed by atoms with E-state index in [1.165, 1.54) is 0 Å². The van der Waals surface area contributed by atoms with Crippen molar-refractivity contribution in [2.75, 3.05) is 19.7 Å². The molecule has 2 unspecified atom stereocenters. The molecule has 0 radical (unpaired) electrons. The van der Waals surface area contributed by atoms with Gasteiger partial charge in [0.1, 0.15) is 22.7 Å². The normalized spacial score (nSPS) is 17.4. The highest BCUT2D eigenvalue weighted by atomic mass is 35.5. The predicted molar refractivity (Wildman–Crippen MR) is 136 cm³/mol. The van der Waals surface area contributed by atoms with E-state index in [1.54, 1.807) is 11.0 Å². The summed E-state index contributed by atoms with van der Waals surface area (Å²) in [6, 6.07) is 3.59. The molecule has 186 valence electrons. The van der Waals surface area contributed by atoms with Gasteiger partial charge in [-0.3, -0.25) is 0 Å². The van der Waals surface area contributed by atoms with Gasteiger partial charge in [0, 0.05) is 35.0 Å². The molecule has 33 heavy (non-hydrogen) atoms. The number of piperidine rings is 1. The highest BCUT2D eigenvalue weighted by Crippen LogP contribution is 2.39. The molecule has 8 heteroatoms. The monoisotopic (exact) mass is 498 g/mol.